The predicted octanol–water partition coefficient (Wildman–Crippen LogP) is 2.42. The van der Waals surface area contributed by atoms with Crippen molar-refractivity contribution in [3.63, 3.8) is 0 Å². The van der Waals surface area contributed by atoms with Crippen molar-refractivity contribution in [1.29, 1.82) is 0 Å². The van der Waals surface area contributed by atoms with Crippen molar-refractivity contribution < 1.29 is 14.7 Å². The third-order valence-electron chi connectivity index (χ3n) is 4.62. The number of rotatable bonds is 5. The Morgan fingerprint density at radius 3 is 2.64 bits per heavy atom. The minimum atomic E-state index is -0.188. The molecule has 1 unspecified atom stereocenters. The number of Topliss-reactive ketones (excluding diaryl/α,β-unsaturated/α-hetero) is 1. The number of benzene rings is 2. The fourth-order valence-corrected chi connectivity index (χ4v) is 3.38. The Bertz CT molecular complexity index is 788. The molecule has 5 heteroatoms. The number of hydrogen-bond acceptors (Lipinski definition) is 4. The maximum atomic E-state index is 12.5. The summed E-state index contributed by atoms with van der Waals surface area (Å²) in [5.41, 5.74) is 3.32. The van der Waals surface area contributed by atoms with Crippen LogP contribution in [0.5, 0.6) is 0 Å². The second-order valence-corrected chi connectivity index (χ2v) is 6.27. The molecule has 1 aliphatic rings. The topological polar surface area (TPSA) is 69.6 Å². The number of amides is 1. The van der Waals surface area contributed by atoms with E-state index in [4.69, 9.17) is 0 Å². The Balaban J connectivity index is 1.72. The largest absolute Gasteiger partial charge is 0.394 e. The zero-order valence-electron chi connectivity index (χ0n) is 14.2. The number of nitrogens with zero attached hydrogens (tertiary/aromatic N) is 1. The van der Waals surface area contributed by atoms with Gasteiger partial charge in [-0.3, -0.25) is 14.5 Å². The lowest BCUT2D eigenvalue weighted by Crippen LogP contribution is -2.42. The maximum absolute atomic E-state index is 12.5. The summed E-state index contributed by atoms with van der Waals surface area (Å²) in [4.78, 5) is 26.1. The van der Waals surface area contributed by atoms with Crippen LogP contribution in [0.1, 0.15) is 34.5 Å². The maximum Gasteiger partial charge on any atom is 0.238 e. The number of ketones is 1. The molecule has 5 nitrogen and oxygen atoms in total. The summed E-state index contributed by atoms with van der Waals surface area (Å²) in [7, 11) is 0. The molecule has 1 heterocycles. The van der Waals surface area contributed by atoms with Crippen LogP contribution in [0.15, 0.2) is 48.5 Å². The lowest BCUT2D eigenvalue weighted by molar-refractivity contribution is -0.118. The molecule has 0 spiro atoms. The van der Waals surface area contributed by atoms with Crippen LogP contribution in [-0.2, 0) is 11.2 Å². The number of para-hydroxylation sites is 1. The Morgan fingerprint density at radius 1 is 1.16 bits per heavy atom. The predicted molar refractivity (Wildman–Crippen MR) is 96.6 cm³/mol. The molecule has 2 aromatic rings. The number of aliphatic hydroxyl groups is 1. The fourth-order valence-electron chi connectivity index (χ4n) is 3.38. The molecule has 25 heavy (non-hydrogen) atoms. The third-order valence-corrected chi connectivity index (χ3v) is 4.62. The van der Waals surface area contributed by atoms with E-state index in [9.17, 15) is 14.7 Å². The summed E-state index contributed by atoms with van der Waals surface area (Å²) in [6.07, 6.45) is 0.851. The molecular formula is C20H22N2O3. The van der Waals surface area contributed by atoms with Gasteiger partial charge in [0.1, 0.15) is 0 Å². The molecule has 1 amide bonds. The summed E-state index contributed by atoms with van der Waals surface area (Å²) in [5, 5.41) is 12.6. The normalized spacial score (nSPS) is 17.0. The van der Waals surface area contributed by atoms with Gasteiger partial charge in [-0.25, -0.2) is 0 Å². The van der Waals surface area contributed by atoms with E-state index >= 15 is 0 Å². The molecule has 2 aromatic carbocycles. The van der Waals surface area contributed by atoms with Crippen LogP contribution in [0.2, 0.25) is 0 Å². The van der Waals surface area contributed by atoms with E-state index in [0.29, 0.717) is 17.8 Å². The van der Waals surface area contributed by atoms with E-state index in [1.165, 1.54) is 12.5 Å². The SMILES string of the molecule is CC(=O)c1ccccc1NC(=O)CN1CCc2ccccc2C1CO. The van der Waals surface area contributed by atoms with E-state index < -0.39 is 0 Å². The first-order valence-electron chi connectivity index (χ1n) is 8.42. The van der Waals surface area contributed by atoms with E-state index in [-0.39, 0.29) is 30.9 Å². The highest BCUT2D eigenvalue weighted by molar-refractivity contribution is 6.04. The van der Waals surface area contributed by atoms with Crippen molar-refractivity contribution in [1.82, 2.24) is 4.90 Å². The standard InChI is InChI=1S/C20H22N2O3/c1-14(24)16-7-4-5-9-18(16)21-20(25)12-22-11-10-15-6-2-3-8-17(15)19(22)13-23/h2-9,19,23H,10-13H2,1H3,(H,21,25). The highest BCUT2D eigenvalue weighted by Gasteiger charge is 2.28. The quantitative estimate of drug-likeness (QED) is 0.822. The number of fused-ring (bicyclic) bond motifs is 1. The van der Waals surface area contributed by atoms with Gasteiger partial charge >= 0.3 is 0 Å². The van der Waals surface area contributed by atoms with E-state index in [1.807, 2.05) is 23.1 Å². The highest BCUT2D eigenvalue weighted by Crippen LogP contribution is 2.29. The van der Waals surface area contributed by atoms with Gasteiger partial charge in [0.05, 0.1) is 24.9 Å². The third kappa shape index (κ3) is 3.78. The van der Waals surface area contributed by atoms with Crippen LogP contribution < -0.4 is 5.32 Å². The number of nitrogens with one attached hydrogen (secondary N) is 1. The van der Waals surface area contributed by atoms with Crippen molar-refractivity contribution in [2.75, 3.05) is 25.0 Å². The van der Waals surface area contributed by atoms with E-state index in [1.54, 1.807) is 24.3 Å². The number of carbonyl (C=O) groups excluding carboxylic acids is 2. The van der Waals surface area contributed by atoms with Crippen LogP contribution >= 0.6 is 0 Å². The highest BCUT2D eigenvalue weighted by atomic mass is 16.3. The van der Waals surface area contributed by atoms with Gasteiger partial charge in [0.25, 0.3) is 0 Å². The zero-order valence-corrected chi connectivity index (χ0v) is 14.2. The molecule has 130 valence electrons. The molecule has 0 fully saturated rings. The number of anilines is 1. The van der Waals surface area contributed by atoms with Crippen molar-refractivity contribution >= 4 is 17.4 Å². The minimum Gasteiger partial charge on any atom is -0.394 e. The molecule has 0 saturated heterocycles. The molecule has 3 rings (SSSR count). The number of aliphatic hydroxyl groups excluding tert-OH is 1. The zero-order chi connectivity index (χ0) is 17.8. The lowest BCUT2D eigenvalue weighted by Gasteiger charge is -2.35. The molecular weight excluding hydrogens is 316 g/mol. The summed E-state index contributed by atoms with van der Waals surface area (Å²) in [6, 6.07) is 14.8. The van der Waals surface area contributed by atoms with Crippen LogP contribution in [0, 0.1) is 0 Å². The lowest BCUT2D eigenvalue weighted by atomic mass is 9.93. The van der Waals surface area contributed by atoms with Gasteiger partial charge in [-0.2, -0.15) is 0 Å². The Hall–Kier alpha value is -2.50. The molecule has 1 aliphatic heterocycles. The molecule has 0 aromatic heterocycles. The first-order valence-corrected chi connectivity index (χ1v) is 8.42. The van der Waals surface area contributed by atoms with Crippen LogP contribution in [0.4, 0.5) is 5.69 Å². The Labute approximate surface area is 147 Å². The van der Waals surface area contributed by atoms with Crippen molar-refractivity contribution in [3.05, 3.63) is 65.2 Å². The van der Waals surface area contributed by atoms with Crippen molar-refractivity contribution in [2.24, 2.45) is 0 Å². The first kappa shape index (κ1) is 17.3. The molecule has 0 saturated carbocycles. The van der Waals surface area contributed by atoms with Gasteiger partial charge in [0.15, 0.2) is 5.78 Å². The van der Waals surface area contributed by atoms with Gasteiger partial charge in [0, 0.05) is 12.1 Å². The molecule has 0 radical (unpaired) electrons. The van der Waals surface area contributed by atoms with E-state index in [0.717, 1.165) is 12.0 Å². The summed E-state index contributed by atoms with van der Waals surface area (Å²) in [5.74, 6) is -0.275. The summed E-state index contributed by atoms with van der Waals surface area (Å²) >= 11 is 0. The molecule has 0 bridgehead atoms. The van der Waals surface area contributed by atoms with Crippen LogP contribution in [0.25, 0.3) is 0 Å². The van der Waals surface area contributed by atoms with Gasteiger partial charge in [-0.15, -0.1) is 0 Å². The smallest absolute Gasteiger partial charge is 0.238 e. The molecule has 2 N–H and O–H groups in total. The average molecular weight is 338 g/mol. The van der Waals surface area contributed by atoms with Gasteiger partial charge in [-0.1, -0.05) is 36.4 Å². The van der Waals surface area contributed by atoms with Crippen molar-refractivity contribution in [2.45, 2.75) is 19.4 Å². The van der Waals surface area contributed by atoms with Gasteiger partial charge in [0.2, 0.25) is 5.91 Å². The van der Waals surface area contributed by atoms with Crippen LogP contribution in [0.3, 0.4) is 0 Å². The number of carbonyl (C=O) groups is 2. The molecule has 0 aliphatic carbocycles. The Morgan fingerprint density at radius 2 is 1.88 bits per heavy atom. The second-order valence-electron chi connectivity index (χ2n) is 6.27. The van der Waals surface area contributed by atoms with Crippen LogP contribution in [-0.4, -0.2) is 41.4 Å². The second kappa shape index (κ2) is 7.59. The van der Waals surface area contributed by atoms with Crippen molar-refractivity contribution in [3.8, 4) is 0 Å². The Kier molecular flexibility index (Phi) is 5.26. The van der Waals surface area contributed by atoms with Gasteiger partial charge in [-0.05, 0) is 36.6 Å². The van der Waals surface area contributed by atoms with E-state index in [2.05, 4.69) is 11.4 Å². The number of hydrogen-bond donors (Lipinski definition) is 2. The summed E-state index contributed by atoms with van der Waals surface area (Å²) in [6.45, 7) is 2.33. The van der Waals surface area contributed by atoms with Gasteiger partial charge < -0.3 is 10.4 Å². The monoisotopic (exact) mass is 338 g/mol. The molecule has 1 atom stereocenters. The average Bonchev–Trinajstić information content (AvgIpc) is 2.61. The summed E-state index contributed by atoms with van der Waals surface area (Å²) < 4.78 is 0. The minimum absolute atomic E-state index is 0.0334. The fraction of sp³-hybridized carbons (Fsp3) is 0.300. The first-order chi connectivity index (χ1) is 12.1.